The molecule has 0 aromatic carbocycles. The van der Waals surface area contributed by atoms with Gasteiger partial charge in [0.2, 0.25) is 0 Å². The average Bonchev–Trinajstić information content (AvgIpc) is 3.11. The van der Waals surface area contributed by atoms with Crippen LogP contribution in [0, 0.1) is 13.8 Å². The van der Waals surface area contributed by atoms with Crippen LogP contribution in [-0.2, 0) is 6.54 Å². The number of fused-ring (bicyclic) bond motifs is 1. The molecule has 3 aromatic heterocycles. The van der Waals surface area contributed by atoms with Gasteiger partial charge in [-0.3, -0.25) is 4.79 Å². The Morgan fingerprint density at radius 2 is 1.81 bits per heavy atom. The minimum Gasteiger partial charge on any atom is -0.353 e. The minimum absolute atomic E-state index is 0.0636. The highest BCUT2D eigenvalue weighted by molar-refractivity contribution is 5.55. The Balaban J connectivity index is 1.59. The molecule has 1 aliphatic heterocycles. The summed E-state index contributed by atoms with van der Waals surface area (Å²) in [5.41, 5.74) is 2.03. The molecule has 0 unspecified atom stereocenters. The highest BCUT2D eigenvalue weighted by Crippen LogP contribution is 2.24. The Morgan fingerprint density at radius 1 is 1.08 bits per heavy atom. The van der Waals surface area contributed by atoms with E-state index in [9.17, 15) is 4.79 Å². The van der Waals surface area contributed by atoms with Crippen molar-refractivity contribution in [1.82, 2.24) is 29.4 Å². The number of hydrogen-bond donors (Lipinski definition) is 0. The van der Waals surface area contributed by atoms with Crippen LogP contribution in [0.25, 0.3) is 5.78 Å². The van der Waals surface area contributed by atoms with E-state index in [1.807, 2.05) is 24.4 Å². The number of aromatic nitrogens is 6. The highest BCUT2D eigenvalue weighted by atomic mass is 16.1. The van der Waals surface area contributed by atoms with Gasteiger partial charge >= 0.3 is 0 Å². The standard InChI is InChI=1S/C17H22N8O/c1-4-24-15(26)6-5-14(21-24)22-7-9-23(10-8-22)16-12(2)13(3)20-17-18-11-19-25(16)17/h5-6,11H,4,7-10H2,1-3H3. The lowest BCUT2D eigenvalue weighted by atomic mass is 10.2. The third-order valence-corrected chi connectivity index (χ3v) is 4.93. The van der Waals surface area contributed by atoms with E-state index < -0.39 is 0 Å². The zero-order valence-electron chi connectivity index (χ0n) is 15.3. The summed E-state index contributed by atoms with van der Waals surface area (Å²) in [6, 6.07) is 3.40. The van der Waals surface area contributed by atoms with E-state index in [0.717, 1.165) is 49.1 Å². The van der Waals surface area contributed by atoms with Gasteiger partial charge in [0.15, 0.2) is 0 Å². The molecule has 26 heavy (non-hydrogen) atoms. The molecule has 136 valence electrons. The van der Waals surface area contributed by atoms with Crippen molar-refractivity contribution in [3.8, 4) is 0 Å². The van der Waals surface area contributed by atoms with Gasteiger partial charge in [-0.2, -0.15) is 19.7 Å². The van der Waals surface area contributed by atoms with Crippen molar-refractivity contribution in [2.75, 3.05) is 36.0 Å². The Bertz CT molecular complexity index is 1000. The van der Waals surface area contributed by atoms with Crippen molar-refractivity contribution in [3.05, 3.63) is 40.1 Å². The van der Waals surface area contributed by atoms with Crippen molar-refractivity contribution in [3.63, 3.8) is 0 Å². The maximum absolute atomic E-state index is 11.7. The monoisotopic (exact) mass is 354 g/mol. The summed E-state index contributed by atoms with van der Waals surface area (Å²) in [7, 11) is 0. The molecule has 0 bridgehead atoms. The average molecular weight is 354 g/mol. The number of anilines is 2. The number of piperazine rings is 1. The second kappa shape index (κ2) is 6.40. The first-order valence-electron chi connectivity index (χ1n) is 8.83. The first kappa shape index (κ1) is 16.5. The third kappa shape index (κ3) is 2.69. The Kier molecular flexibility index (Phi) is 4.06. The lowest BCUT2D eigenvalue weighted by Crippen LogP contribution is -2.48. The molecule has 9 heteroatoms. The quantitative estimate of drug-likeness (QED) is 0.682. The summed E-state index contributed by atoms with van der Waals surface area (Å²) in [6.07, 6.45) is 1.54. The number of aryl methyl sites for hydroxylation is 2. The molecule has 1 fully saturated rings. The maximum Gasteiger partial charge on any atom is 0.266 e. The van der Waals surface area contributed by atoms with Crippen LogP contribution in [0.4, 0.5) is 11.6 Å². The zero-order chi connectivity index (χ0) is 18.3. The van der Waals surface area contributed by atoms with Crippen LogP contribution in [0.15, 0.2) is 23.3 Å². The van der Waals surface area contributed by atoms with E-state index in [4.69, 9.17) is 0 Å². The molecule has 3 aromatic rings. The second-order valence-electron chi connectivity index (χ2n) is 6.44. The second-order valence-corrected chi connectivity index (χ2v) is 6.44. The van der Waals surface area contributed by atoms with E-state index >= 15 is 0 Å². The topological polar surface area (TPSA) is 84.5 Å². The normalized spacial score (nSPS) is 15.0. The Labute approximate surface area is 150 Å². The van der Waals surface area contributed by atoms with Crippen LogP contribution < -0.4 is 15.4 Å². The summed E-state index contributed by atoms with van der Waals surface area (Å²) in [5, 5.41) is 8.80. The lowest BCUT2D eigenvalue weighted by Gasteiger charge is -2.37. The molecule has 0 atom stereocenters. The summed E-state index contributed by atoms with van der Waals surface area (Å²) in [4.78, 5) is 25.0. The molecule has 1 aliphatic rings. The van der Waals surface area contributed by atoms with Crippen LogP contribution in [0.2, 0.25) is 0 Å². The van der Waals surface area contributed by atoms with E-state index in [1.165, 1.54) is 4.68 Å². The fourth-order valence-corrected chi connectivity index (χ4v) is 3.37. The smallest absolute Gasteiger partial charge is 0.266 e. The molecule has 0 N–H and O–H groups in total. The van der Waals surface area contributed by atoms with Gasteiger partial charge in [0, 0.05) is 50.0 Å². The van der Waals surface area contributed by atoms with E-state index in [2.05, 4.69) is 36.9 Å². The van der Waals surface area contributed by atoms with Gasteiger partial charge < -0.3 is 9.80 Å². The van der Waals surface area contributed by atoms with Crippen molar-refractivity contribution < 1.29 is 0 Å². The predicted molar refractivity (Wildman–Crippen MR) is 98.9 cm³/mol. The molecule has 4 heterocycles. The molecule has 0 radical (unpaired) electrons. The van der Waals surface area contributed by atoms with Crippen LogP contribution in [-0.4, -0.2) is 55.5 Å². The predicted octanol–water partition coefficient (Wildman–Crippen LogP) is 0.644. The number of hydrogen-bond acceptors (Lipinski definition) is 7. The lowest BCUT2D eigenvalue weighted by molar-refractivity contribution is 0.585. The summed E-state index contributed by atoms with van der Waals surface area (Å²) in [6.45, 7) is 9.90. The minimum atomic E-state index is -0.0636. The summed E-state index contributed by atoms with van der Waals surface area (Å²) in [5.74, 6) is 2.53. The Morgan fingerprint density at radius 3 is 2.54 bits per heavy atom. The molecule has 0 spiro atoms. The molecular formula is C17H22N8O. The van der Waals surface area contributed by atoms with Crippen LogP contribution in [0.3, 0.4) is 0 Å². The number of nitrogens with zero attached hydrogens (tertiary/aromatic N) is 8. The number of rotatable bonds is 3. The molecule has 0 aliphatic carbocycles. The van der Waals surface area contributed by atoms with Gasteiger partial charge in [-0.05, 0) is 26.8 Å². The fourth-order valence-electron chi connectivity index (χ4n) is 3.37. The molecule has 9 nitrogen and oxygen atoms in total. The third-order valence-electron chi connectivity index (χ3n) is 4.93. The van der Waals surface area contributed by atoms with Crippen molar-refractivity contribution in [1.29, 1.82) is 0 Å². The molecular weight excluding hydrogens is 332 g/mol. The largest absolute Gasteiger partial charge is 0.353 e. The van der Waals surface area contributed by atoms with E-state index in [0.29, 0.717) is 12.3 Å². The highest BCUT2D eigenvalue weighted by Gasteiger charge is 2.23. The van der Waals surface area contributed by atoms with E-state index in [-0.39, 0.29) is 5.56 Å². The van der Waals surface area contributed by atoms with Crippen LogP contribution in [0.1, 0.15) is 18.2 Å². The first-order valence-corrected chi connectivity index (χ1v) is 8.83. The van der Waals surface area contributed by atoms with Crippen molar-refractivity contribution in [2.45, 2.75) is 27.3 Å². The Hall–Kier alpha value is -2.97. The molecule has 4 rings (SSSR count). The van der Waals surface area contributed by atoms with Crippen LogP contribution in [0.5, 0.6) is 0 Å². The van der Waals surface area contributed by atoms with Gasteiger partial charge in [-0.25, -0.2) is 9.67 Å². The van der Waals surface area contributed by atoms with Gasteiger partial charge in [0.25, 0.3) is 11.3 Å². The summed E-state index contributed by atoms with van der Waals surface area (Å²) >= 11 is 0. The zero-order valence-corrected chi connectivity index (χ0v) is 15.3. The molecule has 1 saturated heterocycles. The molecule has 0 saturated carbocycles. The van der Waals surface area contributed by atoms with Gasteiger partial charge in [0.05, 0.1) is 0 Å². The maximum atomic E-state index is 11.7. The fraction of sp³-hybridized carbons (Fsp3) is 0.471. The molecule has 0 amide bonds. The van der Waals surface area contributed by atoms with Gasteiger partial charge in [0.1, 0.15) is 18.0 Å². The first-order chi connectivity index (χ1) is 12.6. The van der Waals surface area contributed by atoms with Crippen molar-refractivity contribution >= 4 is 17.4 Å². The van der Waals surface area contributed by atoms with Gasteiger partial charge in [-0.15, -0.1) is 0 Å². The van der Waals surface area contributed by atoms with Crippen molar-refractivity contribution in [2.24, 2.45) is 0 Å². The van der Waals surface area contributed by atoms with E-state index in [1.54, 1.807) is 12.4 Å². The van der Waals surface area contributed by atoms with Crippen LogP contribution >= 0.6 is 0 Å². The summed E-state index contributed by atoms with van der Waals surface area (Å²) < 4.78 is 3.31. The SMILES string of the molecule is CCn1nc(N2CCN(c3c(C)c(C)nc4ncnn34)CC2)ccc1=O. The van der Waals surface area contributed by atoms with Gasteiger partial charge in [-0.1, -0.05) is 0 Å².